The average molecular weight is 442 g/mol. The number of nitrogens with one attached hydrogen (secondary N) is 2. The summed E-state index contributed by atoms with van der Waals surface area (Å²) in [5, 5.41) is 14.4. The minimum atomic E-state index is 0.628. The lowest BCUT2D eigenvalue weighted by molar-refractivity contribution is 0.122. The largest absolute Gasteiger partial charge is 0.378 e. The van der Waals surface area contributed by atoms with E-state index in [0.29, 0.717) is 36.1 Å². The van der Waals surface area contributed by atoms with Gasteiger partial charge >= 0.3 is 0 Å². The number of hydrazone groups is 1. The van der Waals surface area contributed by atoms with Crippen LogP contribution in [0.5, 0.6) is 0 Å². The molecule has 2 N–H and O–H groups in total. The van der Waals surface area contributed by atoms with Crippen LogP contribution in [0.4, 0.5) is 11.6 Å². The van der Waals surface area contributed by atoms with Gasteiger partial charge in [-0.25, -0.2) is 4.98 Å². The number of ether oxygens (including phenoxy) is 1. The zero-order chi connectivity index (χ0) is 22.2. The summed E-state index contributed by atoms with van der Waals surface area (Å²) in [6, 6.07) is 13.8. The van der Waals surface area contributed by atoms with Gasteiger partial charge in [-0.2, -0.15) is 14.7 Å². The third-order valence-corrected chi connectivity index (χ3v) is 5.64. The van der Waals surface area contributed by atoms with Crippen LogP contribution in [0.15, 0.2) is 58.3 Å². The van der Waals surface area contributed by atoms with Gasteiger partial charge < -0.3 is 19.1 Å². The Hall–Kier alpha value is -4.18. The predicted molar refractivity (Wildman–Crippen MR) is 126 cm³/mol. The molecular formula is C23H22N8O2. The van der Waals surface area contributed by atoms with Gasteiger partial charge in [0.25, 0.3) is 0 Å². The summed E-state index contributed by atoms with van der Waals surface area (Å²) in [6.45, 7) is 4.74. The topological polar surface area (TPSA) is 109 Å². The van der Waals surface area contributed by atoms with E-state index in [4.69, 9.17) is 19.3 Å². The normalized spacial score (nSPS) is 14.6. The molecule has 0 amide bonds. The van der Waals surface area contributed by atoms with Crippen LogP contribution in [0.25, 0.3) is 27.9 Å². The smallest absolute Gasteiger partial charge is 0.160 e. The number of benzene rings is 1. The van der Waals surface area contributed by atoms with Gasteiger partial charge in [0.15, 0.2) is 11.5 Å². The number of anilines is 2. The molecule has 5 aromatic rings. The monoisotopic (exact) mass is 442 g/mol. The highest BCUT2D eigenvalue weighted by Gasteiger charge is 2.19. The zero-order valence-electron chi connectivity index (χ0n) is 18.0. The van der Waals surface area contributed by atoms with Crippen LogP contribution < -0.4 is 10.3 Å². The van der Waals surface area contributed by atoms with E-state index in [9.17, 15) is 0 Å². The Morgan fingerprint density at radius 1 is 1.12 bits per heavy atom. The van der Waals surface area contributed by atoms with Gasteiger partial charge in [-0.15, -0.1) is 0 Å². The van der Waals surface area contributed by atoms with Crippen molar-refractivity contribution in [3.63, 3.8) is 0 Å². The molecule has 1 aromatic carbocycles. The molecule has 1 saturated heterocycles. The van der Waals surface area contributed by atoms with Crippen molar-refractivity contribution in [2.45, 2.75) is 6.92 Å². The fourth-order valence-corrected chi connectivity index (χ4v) is 4.01. The molecule has 5 heterocycles. The minimum Gasteiger partial charge on any atom is -0.378 e. The molecule has 0 spiro atoms. The number of morpholine rings is 1. The van der Waals surface area contributed by atoms with Crippen molar-refractivity contribution < 1.29 is 9.26 Å². The number of nitrogens with zero attached hydrogens (tertiary/aromatic N) is 6. The van der Waals surface area contributed by atoms with Gasteiger partial charge in [0.05, 0.1) is 19.4 Å². The average Bonchev–Trinajstić information content (AvgIpc) is 3.57. The summed E-state index contributed by atoms with van der Waals surface area (Å²) in [6.07, 6.45) is 3.73. The van der Waals surface area contributed by atoms with Gasteiger partial charge in [0.1, 0.15) is 23.0 Å². The quantitative estimate of drug-likeness (QED) is 0.317. The van der Waals surface area contributed by atoms with Crippen molar-refractivity contribution in [1.82, 2.24) is 24.7 Å². The summed E-state index contributed by atoms with van der Waals surface area (Å²) in [4.78, 5) is 10.2. The van der Waals surface area contributed by atoms with Crippen molar-refractivity contribution in [1.29, 1.82) is 0 Å². The van der Waals surface area contributed by atoms with Crippen LogP contribution in [0, 0.1) is 6.92 Å². The lowest BCUT2D eigenvalue weighted by Crippen LogP contribution is -2.37. The Labute approximate surface area is 188 Å². The van der Waals surface area contributed by atoms with Gasteiger partial charge in [-0.1, -0.05) is 23.4 Å². The Balaban J connectivity index is 1.36. The van der Waals surface area contributed by atoms with Crippen LogP contribution in [0.3, 0.4) is 0 Å². The van der Waals surface area contributed by atoms with E-state index in [2.05, 4.69) is 31.6 Å². The highest BCUT2D eigenvalue weighted by Crippen LogP contribution is 2.26. The van der Waals surface area contributed by atoms with E-state index in [1.807, 2.05) is 54.0 Å². The van der Waals surface area contributed by atoms with Crippen molar-refractivity contribution in [3.05, 3.63) is 60.0 Å². The number of hydrogen-bond donors (Lipinski definition) is 2. The fourth-order valence-electron chi connectivity index (χ4n) is 4.01. The highest BCUT2D eigenvalue weighted by molar-refractivity contribution is 5.99. The molecule has 10 heteroatoms. The van der Waals surface area contributed by atoms with Gasteiger partial charge in [0.2, 0.25) is 0 Å². The van der Waals surface area contributed by atoms with E-state index >= 15 is 0 Å². The third kappa shape index (κ3) is 3.70. The second-order valence-corrected chi connectivity index (χ2v) is 7.88. The maximum Gasteiger partial charge on any atom is 0.160 e. The lowest BCUT2D eigenvalue weighted by atomic mass is 10.2. The van der Waals surface area contributed by atoms with Gasteiger partial charge in [-0.05, 0) is 13.0 Å². The number of aromatic amines is 1. The summed E-state index contributed by atoms with van der Waals surface area (Å²) >= 11 is 0. The van der Waals surface area contributed by atoms with E-state index < -0.39 is 0 Å². The molecule has 0 bridgehead atoms. The van der Waals surface area contributed by atoms with Gasteiger partial charge in [-0.3, -0.25) is 5.43 Å². The highest BCUT2D eigenvalue weighted by atomic mass is 16.5. The fraction of sp³-hybridized carbons (Fsp3) is 0.217. The van der Waals surface area contributed by atoms with Crippen LogP contribution in [-0.2, 0) is 4.74 Å². The van der Waals surface area contributed by atoms with Crippen molar-refractivity contribution in [3.8, 4) is 11.4 Å². The minimum absolute atomic E-state index is 0.628. The summed E-state index contributed by atoms with van der Waals surface area (Å²) in [7, 11) is 0. The summed E-state index contributed by atoms with van der Waals surface area (Å²) in [5.41, 5.74) is 7.23. The molecule has 33 heavy (non-hydrogen) atoms. The second-order valence-electron chi connectivity index (χ2n) is 7.88. The van der Waals surface area contributed by atoms with Crippen molar-refractivity contribution in [2.75, 3.05) is 36.6 Å². The Morgan fingerprint density at radius 2 is 2.00 bits per heavy atom. The number of hydrogen-bond acceptors (Lipinski definition) is 8. The number of aryl methyl sites for hydroxylation is 1. The Morgan fingerprint density at radius 3 is 2.85 bits per heavy atom. The summed E-state index contributed by atoms with van der Waals surface area (Å²) < 4.78 is 12.6. The first kappa shape index (κ1) is 19.5. The molecule has 10 nitrogen and oxygen atoms in total. The van der Waals surface area contributed by atoms with Crippen LogP contribution in [-0.4, -0.2) is 57.3 Å². The molecule has 0 atom stereocenters. The first-order chi connectivity index (χ1) is 16.2. The standard InChI is InChI=1S/C23H22N8O2/c1-15-10-20(29-33-15)19-11-22-26-21(12-23(31(22)28-19)30-6-8-32-9-7-30)27-25-14-16-13-24-18-5-3-2-4-17(16)18/h2-5,10-14,24H,6-9H2,1H3,(H,26,27). The molecular weight excluding hydrogens is 420 g/mol. The van der Waals surface area contributed by atoms with Crippen LogP contribution in [0.1, 0.15) is 11.3 Å². The first-order valence-corrected chi connectivity index (χ1v) is 10.8. The molecule has 1 aliphatic rings. The number of rotatable bonds is 5. The summed E-state index contributed by atoms with van der Waals surface area (Å²) in [5.74, 6) is 2.28. The van der Waals surface area contributed by atoms with Crippen LogP contribution >= 0.6 is 0 Å². The van der Waals surface area contributed by atoms with Crippen molar-refractivity contribution >= 4 is 34.4 Å². The van der Waals surface area contributed by atoms with Crippen molar-refractivity contribution in [2.24, 2.45) is 5.10 Å². The predicted octanol–water partition coefficient (Wildman–Crippen LogP) is 3.46. The molecule has 1 fully saturated rings. The number of aromatic nitrogens is 5. The molecule has 0 saturated carbocycles. The maximum atomic E-state index is 5.53. The third-order valence-electron chi connectivity index (χ3n) is 5.64. The van der Waals surface area contributed by atoms with E-state index in [1.165, 1.54) is 0 Å². The Kier molecular flexibility index (Phi) is 4.76. The van der Waals surface area contributed by atoms with Gasteiger partial charge in [0, 0.05) is 54.0 Å². The molecule has 0 unspecified atom stereocenters. The molecule has 6 rings (SSSR count). The Bertz CT molecular complexity index is 1460. The zero-order valence-corrected chi connectivity index (χ0v) is 18.0. The SMILES string of the molecule is Cc1cc(-c2cc3nc(NN=Cc4c[nH]c5ccccc45)cc(N4CCOCC4)n3n2)no1. The first-order valence-electron chi connectivity index (χ1n) is 10.8. The molecule has 1 aliphatic heterocycles. The molecule has 4 aromatic heterocycles. The van der Waals surface area contributed by atoms with E-state index in [0.717, 1.165) is 41.1 Å². The number of para-hydroxylation sites is 1. The lowest BCUT2D eigenvalue weighted by Gasteiger charge is -2.29. The maximum absolute atomic E-state index is 5.53. The van der Waals surface area contributed by atoms with E-state index in [1.54, 1.807) is 6.21 Å². The molecule has 0 aliphatic carbocycles. The second kappa shape index (κ2) is 8.06. The molecule has 0 radical (unpaired) electrons. The van der Waals surface area contributed by atoms with E-state index in [-0.39, 0.29) is 0 Å². The molecule has 166 valence electrons. The number of H-pyrrole nitrogens is 1. The van der Waals surface area contributed by atoms with Crippen LogP contribution in [0.2, 0.25) is 0 Å². The number of fused-ring (bicyclic) bond motifs is 2.